The predicted octanol–water partition coefficient (Wildman–Crippen LogP) is 1.13. The third-order valence-corrected chi connectivity index (χ3v) is 3.15. The van der Waals surface area contributed by atoms with E-state index in [4.69, 9.17) is 0 Å². The van der Waals surface area contributed by atoms with E-state index in [0.29, 0.717) is 0 Å². The molecule has 0 spiro atoms. The summed E-state index contributed by atoms with van der Waals surface area (Å²) in [5.41, 5.74) is 1.33. The van der Waals surface area contributed by atoms with Crippen molar-refractivity contribution in [2.45, 2.75) is 12.8 Å². The van der Waals surface area contributed by atoms with Gasteiger partial charge in [0, 0.05) is 13.1 Å². The van der Waals surface area contributed by atoms with Gasteiger partial charge in [-0.1, -0.05) is 6.58 Å². The van der Waals surface area contributed by atoms with Crippen molar-refractivity contribution in [2.24, 2.45) is 0 Å². The Labute approximate surface area is 101 Å². The van der Waals surface area contributed by atoms with Crippen LogP contribution in [0.4, 0.5) is 0 Å². The quantitative estimate of drug-likeness (QED) is 0.572. The number of rotatable bonds is 0. The number of hydrogen-bond donors (Lipinski definition) is 0. The highest BCUT2D eigenvalue weighted by molar-refractivity contribution is 4.99. The first-order chi connectivity index (χ1) is 7.58. The van der Waals surface area contributed by atoms with Crippen LogP contribution in [-0.2, 0) is 0 Å². The molecule has 1 heterocycles. The fourth-order valence-electron chi connectivity index (χ4n) is 2.30. The van der Waals surface area contributed by atoms with Gasteiger partial charge in [0.2, 0.25) is 0 Å². The average Bonchev–Trinajstić information content (AvgIpc) is 2.15. The second-order valence-electron chi connectivity index (χ2n) is 5.24. The van der Waals surface area contributed by atoms with Crippen molar-refractivity contribution in [3.05, 3.63) is 12.2 Å². The Morgan fingerprint density at radius 1 is 0.750 bits per heavy atom. The Kier molecular flexibility index (Phi) is 6.03. The lowest BCUT2D eigenvalue weighted by Gasteiger charge is -2.26. The molecule has 0 aromatic carbocycles. The summed E-state index contributed by atoms with van der Waals surface area (Å²) in [5.74, 6) is 0. The predicted molar refractivity (Wildman–Crippen MR) is 70.9 cm³/mol. The molecule has 1 saturated heterocycles. The molecule has 0 atom stereocenters. The molecule has 0 amide bonds. The van der Waals surface area contributed by atoms with Gasteiger partial charge in [-0.3, -0.25) is 0 Å². The molecule has 1 fully saturated rings. The van der Waals surface area contributed by atoms with Crippen LogP contribution in [0.15, 0.2) is 12.2 Å². The molecule has 3 nitrogen and oxygen atoms in total. The fourth-order valence-corrected chi connectivity index (χ4v) is 2.30. The molecule has 0 saturated carbocycles. The third-order valence-electron chi connectivity index (χ3n) is 3.15. The highest BCUT2D eigenvalue weighted by atomic mass is 15.1. The molecular weight excluding hydrogens is 198 g/mol. The molecule has 1 aliphatic rings. The van der Waals surface area contributed by atoms with Crippen molar-refractivity contribution in [3.8, 4) is 0 Å². The van der Waals surface area contributed by atoms with Gasteiger partial charge in [-0.25, -0.2) is 0 Å². The first-order valence-electron chi connectivity index (χ1n) is 6.30. The number of hydrogen-bond acceptors (Lipinski definition) is 3. The highest BCUT2D eigenvalue weighted by Crippen LogP contribution is 2.02. The first kappa shape index (κ1) is 13.7. The van der Waals surface area contributed by atoms with E-state index in [1.54, 1.807) is 0 Å². The molecule has 1 rings (SSSR count). The van der Waals surface area contributed by atoms with Gasteiger partial charge < -0.3 is 14.7 Å². The zero-order valence-corrected chi connectivity index (χ0v) is 11.2. The van der Waals surface area contributed by atoms with Crippen molar-refractivity contribution < 1.29 is 0 Å². The van der Waals surface area contributed by atoms with Crippen LogP contribution in [0.2, 0.25) is 0 Å². The summed E-state index contributed by atoms with van der Waals surface area (Å²) in [5, 5.41) is 0. The molecule has 0 aliphatic carbocycles. The van der Waals surface area contributed by atoms with Crippen molar-refractivity contribution in [1.29, 1.82) is 0 Å². The minimum absolute atomic E-state index is 1.04. The van der Waals surface area contributed by atoms with Gasteiger partial charge in [-0.05, 0) is 65.7 Å². The molecule has 0 N–H and O–H groups in total. The maximum atomic E-state index is 4.16. The SMILES string of the molecule is C=C1CN(C)CCCN(C)CCCN(C)C1. The van der Waals surface area contributed by atoms with Gasteiger partial charge in [-0.2, -0.15) is 0 Å². The molecule has 94 valence electrons. The minimum Gasteiger partial charge on any atom is -0.306 e. The van der Waals surface area contributed by atoms with Crippen molar-refractivity contribution >= 4 is 0 Å². The Morgan fingerprint density at radius 3 is 1.56 bits per heavy atom. The smallest absolute Gasteiger partial charge is 0.0199 e. The molecular formula is C13H27N3. The Morgan fingerprint density at radius 2 is 1.12 bits per heavy atom. The Bertz CT molecular complexity index is 195. The summed E-state index contributed by atoms with van der Waals surface area (Å²) in [6.07, 6.45) is 2.52. The molecule has 16 heavy (non-hydrogen) atoms. The zero-order chi connectivity index (χ0) is 12.0. The summed E-state index contributed by atoms with van der Waals surface area (Å²) in [6.45, 7) is 11.0. The van der Waals surface area contributed by atoms with E-state index in [1.165, 1.54) is 44.6 Å². The molecule has 3 heteroatoms. The lowest BCUT2D eigenvalue weighted by atomic mass is 10.2. The van der Waals surface area contributed by atoms with Crippen LogP contribution in [0.3, 0.4) is 0 Å². The van der Waals surface area contributed by atoms with Gasteiger partial charge >= 0.3 is 0 Å². The van der Waals surface area contributed by atoms with Crippen LogP contribution in [0.5, 0.6) is 0 Å². The normalized spacial score (nSPS) is 25.1. The standard InChI is InChI=1S/C13H27N3/c1-13-11-15(3)9-5-7-14(2)8-6-10-16(4)12-13/h1,5-12H2,2-4H3. The van der Waals surface area contributed by atoms with Crippen LogP contribution in [0, 0.1) is 0 Å². The van der Waals surface area contributed by atoms with Gasteiger partial charge in [-0.15, -0.1) is 0 Å². The largest absolute Gasteiger partial charge is 0.306 e. The van der Waals surface area contributed by atoms with Crippen LogP contribution in [0.1, 0.15) is 12.8 Å². The minimum atomic E-state index is 1.04. The van der Waals surface area contributed by atoms with Crippen molar-refractivity contribution in [3.63, 3.8) is 0 Å². The van der Waals surface area contributed by atoms with E-state index in [0.717, 1.165) is 13.1 Å². The lowest BCUT2D eigenvalue weighted by Crippen LogP contribution is -2.33. The summed E-state index contributed by atoms with van der Waals surface area (Å²) in [4.78, 5) is 7.20. The third kappa shape index (κ3) is 5.64. The Balaban J connectivity index is 2.44. The van der Waals surface area contributed by atoms with Gasteiger partial charge in [0.1, 0.15) is 0 Å². The molecule has 0 bridgehead atoms. The molecule has 0 aromatic heterocycles. The second-order valence-corrected chi connectivity index (χ2v) is 5.24. The monoisotopic (exact) mass is 225 g/mol. The van der Waals surface area contributed by atoms with E-state index in [-0.39, 0.29) is 0 Å². The summed E-state index contributed by atoms with van der Waals surface area (Å²) < 4.78 is 0. The number of nitrogens with zero attached hydrogens (tertiary/aromatic N) is 3. The van der Waals surface area contributed by atoms with Crippen LogP contribution >= 0.6 is 0 Å². The maximum Gasteiger partial charge on any atom is 0.0199 e. The number of likely N-dealkylation sites (N-methyl/N-ethyl adjacent to an activating group) is 2. The molecule has 0 aromatic rings. The topological polar surface area (TPSA) is 9.72 Å². The summed E-state index contributed by atoms with van der Waals surface area (Å²) >= 11 is 0. The van der Waals surface area contributed by atoms with E-state index in [1.807, 2.05) is 0 Å². The van der Waals surface area contributed by atoms with Crippen LogP contribution in [0.25, 0.3) is 0 Å². The van der Waals surface area contributed by atoms with Crippen LogP contribution in [-0.4, -0.2) is 75.1 Å². The molecule has 0 unspecified atom stereocenters. The maximum absolute atomic E-state index is 4.16. The van der Waals surface area contributed by atoms with Gasteiger partial charge in [0.15, 0.2) is 0 Å². The average molecular weight is 225 g/mol. The van der Waals surface area contributed by atoms with E-state index < -0.39 is 0 Å². The lowest BCUT2D eigenvalue weighted by molar-refractivity contribution is 0.251. The van der Waals surface area contributed by atoms with Crippen molar-refractivity contribution in [1.82, 2.24) is 14.7 Å². The molecule has 1 aliphatic heterocycles. The molecule has 0 radical (unpaired) electrons. The highest BCUT2D eigenvalue weighted by Gasteiger charge is 2.08. The fraction of sp³-hybridized carbons (Fsp3) is 0.846. The van der Waals surface area contributed by atoms with Crippen molar-refractivity contribution in [2.75, 3.05) is 60.4 Å². The second kappa shape index (κ2) is 7.05. The van der Waals surface area contributed by atoms with Gasteiger partial charge in [0.25, 0.3) is 0 Å². The summed E-state index contributed by atoms with van der Waals surface area (Å²) in [7, 11) is 6.61. The Hall–Kier alpha value is -0.380. The van der Waals surface area contributed by atoms with E-state index in [9.17, 15) is 0 Å². The zero-order valence-electron chi connectivity index (χ0n) is 11.2. The van der Waals surface area contributed by atoms with E-state index >= 15 is 0 Å². The summed E-state index contributed by atoms with van der Waals surface area (Å²) in [6, 6.07) is 0. The first-order valence-corrected chi connectivity index (χ1v) is 6.30. The van der Waals surface area contributed by atoms with Crippen LogP contribution < -0.4 is 0 Å². The van der Waals surface area contributed by atoms with Gasteiger partial charge in [0.05, 0.1) is 0 Å². The van der Waals surface area contributed by atoms with E-state index in [2.05, 4.69) is 42.4 Å².